The molecule has 0 aliphatic heterocycles. The molecule has 9 heteroatoms. The van der Waals surface area contributed by atoms with Crippen molar-refractivity contribution in [3.8, 4) is 23.0 Å². The van der Waals surface area contributed by atoms with Gasteiger partial charge in [-0.3, -0.25) is 4.79 Å². The zero-order valence-corrected chi connectivity index (χ0v) is 16.2. The first kappa shape index (κ1) is 19.2. The molecule has 30 heavy (non-hydrogen) atoms. The predicted octanol–water partition coefficient (Wildman–Crippen LogP) is 2.60. The molecule has 4 rings (SSSR count). The van der Waals surface area contributed by atoms with Crippen LogP contribution in [-0.4, -0.2) is 46.0 Å². The van der Waals surface area contributed by atoms with E-state index in [9.17, 15) is 4.79 Å². The van der Waals surface area contributed by atoms with Gasteiger partial charge in [0.1, 0.15) is 18.1 Å². The van der Waals surface area contributed by atoms with Crippen LogP contribution < -0.4 is 14.8 Å². The van der Waals surface area contributed by atoms with Gasteiger partial charge < -0.3 is 19.2 Å². The van der Waals surface area contributed by atoms with Gasteiger partial charge in [0.15, 0.2) is 11.5 Å². The fourth-order valence-corrected chi connectivity index (χ4v) is 2.72. The Morgan fingerprint density at radius 2 is 2.13 bits per heavy atom. The Hall–Kier alpha value is -4.14. The molecule has 3 aromatic heterocycles. The molecule has 1 N–H and O–H groups in total. The molecule has 3 heterocycles. The van der Waals surface area contributed by atoms with Crippen molar-refractivity contribution in [1.82, 2.24) is 25.1 Å². The van der Waals surface area contributed by atoms with E-state index in [1.165, 1.54) is 6.08 Å². The van der Waals surface area contributed by atoms with Gasteiger partial charge >= 0.3 is 0 Å². The number of ether oxygens (including phenoxy) is 2. The summed E-state index contributed by atoms with van der Waals surface area (Å²) in [6.07, 6.45) is 4.54. The number of hydrogen-bond donors (Lipinski definition) is 1. The molecule has 0 radical (unpaired) electrons. The maximum atomic E-state index is 11.8. The molecule has 0 saturated heterocycles. The monoisotopic (exact) mass is 405 g/mol. The van der Waals surface area contributed by atoms with E-state index in [1.807, 2.05) is 24.3 Å². The highest BCUT2D eigenvalue weighted by molar-refractivity contribution is 5.91. The number of nitrogens with zero attached hydrogens (tertiary/aromatic N) is 4. The molecule has 0 unspecified atom stereocenters. The quantitative estimate of drug-likeness (QED) is 0.355. The number of furan rings is 1. The van der Waals surface area contributed by atoms with Crippen LogP contribution in [-0.2, 0) is 4.79 Å². The number of rotatable bonds is 8. The summed E-state index contributed by atoms with van der Waals surface area (Å²) in [6.45, 7) is 0.585. The number of aromatic nitrogens is 4. The summed E-state index contributed by atoms with van der Waals surface area (Å²) in [5, 5.41) is 15.5. The molecular weight excluding hydrogens is 386 g/mol. The maximum Gasteiger partial charge on any atom is 0.244 e. The molecule has 1 aromatic carbocycles. The minimum atomic E-state index is -0.238. The molecular formula is C21H19N5O4. The standard InChI is InChI=1S/C21H19N5O4/c1-28-17-5-2-4-15(14-17)21-24-23-18-8-10-20(25-26(18)21)30-13-11-22-19(27)9-7-16-6-3-12-29-16/h2-10,12,14H,11,13H2,1H3,(H,22,27)/b9-7+. The Morgan fingerprint density at radius 3 is 2.97 bits per heavy atom. The highest BCUT2D eigenvalue weighted by Crippen LogP contribution is 2.23. The minimum Gasteiger partial charge on any atom is -0.497 e. The number of fused-ring (bicyclic) bond motifs is 1. The van der Waals surface area contributed by atoms with E-state index in [2.05, 4.69) is 20.6 Å². The van der Waals surface area contributed by atoms with Gasteiger partial charge in [-0.1, -0.05) is 12.1 Å². The lowest BCUT2D eigenvalue weighted by molar-refractivity contribution is -0.116. The number of hydrogen-bond acceptors (Lipinski definition) is 7. The van der Waals surface area contributed by atoms with Crippen LogP contribution in [0, 0.1) is 0 Å². The first-order chi connectivity index (χ1) is 14.7. The summed E-state index contributed by atoms with van der Waals surface area (Å²) < 4.78 is 17.7. The highest BCUT2D eigenvalue weighted by Gasteiger charge is 2.11. The predicted molar refractivity (Wildman–Crippen MR) is 109 cm³/mol. The molecule has 0 bridgehead atoms. The van der Waals surface area contributed by atoms with Gasteiger partial charge in [0.05, 0.1) is 19.9 Å². The normalized spacial score (nSPS) is 11.1. The smallest absolute Gasteiger partial charge is 0.244 e. The third-order valence-electron chi connectivity index (χ3n) is 4.16. The van der Waals surface area contributed by atoms with E-state index in [1.54, 1.807) is 48.2 Å². The van der Waals surface area contributed by atoms with Crippen LogP contribution in [0.1, 0.15) is 5.76 Å². The van der Waals surface area contributed by atoms with E-state index in [0.717, 1.165) is 5.56 Å². The second-order valence-electron chi connectivity index (χ2n) is 6.19. The maximum absolute atomic E-state index is 11.8. The van der Waals surface area contributed by atoms with Crippen molar-refractivity contribution < 1.29 is 18.7 Å². The largest absolute Gasteiger partial charge is 0.497 e. The summed E-state index contributed by atoms with van der Waals surface area (Å²) in [5.74, 6) is 2.06. The van der Waals surface area contributed by atoms with Gasteiger partial charge in [-0.15, -0.1) is 15.3 Å². The van der Waals surface area contributed by atoms with Crippen molar-refractivity contribution in [2.75, 3.05) is 20.3 Å². The van der Waals surface area contributed by atoms with Gasteiger partial charge in [-0.25, -0.2) is 0 Å². The van der Waals surface area contributed by atoms with Crippen LogP contribution in [0.5, 0.6) is 11.6 Å². The fraction of sp³-hybridized carbons (Fsp3) is 0.143. The number of benzene rings is 1. The molecule has 0 aliphatic carbocycles. The van der Waals surface area contributed by atoms with Gasteiger partial charge in [-0.2, -0.15) is 4.52 Å². The highest BCUT2D eigenvalue weighted by atomic mass is 16.5. The number of nitrogens with one attached hydrogen (secondary N) is 1. The summed E-state index contributed by atoms with van der Waals surface area (Å²) >= 11 is 0. The van der Waals surface area contributed by atoms with Crippen LogP contribution in [0.15, 0.2) is 65.3 Å². The lowest BCUT2D eigenvalue weighted by Gasteiger charge is -2.07. The van der Waals surface area contributed by atoms with Gasteiger partial charge in [0, 0.05) is 17.7 Å². The Morgan fingerprint density at radius 1 is 1.20 bits per heavy atom. The van der Waals surface area contributed by atoms with Crippen molar-refractivity contribution in [3.63, 3.8) is 0 Å². The summed E-state index contributed by atoms with van der Waals surface area (Å²) in [4.78, 5) is 11.8. The van der Waals surface area contributed by atoms with E-state index < -0.39 is 0 Å². The van der Waals surface area contributed by atoms with Crippen LogP contribution in [0.3, 0.4) is 0 Å². The third kappa shape index (κ3) is 4.46. The Bertz CT molecular complexity index is 1170. The SMILES string of the molecule is COc1cccc(-c2nnc3ccc(OCCNC(=O)/C=C/c4ccco4)nn23)c1. The number of carbonyl (C=O) groups is 1. The zero-order valence-electron chi connectivity index (χ0n) is 16.2. The molecule has 0 saturated carbocycles. The number of methoxy groups -OCH3 is 1. The first-order valence-electron chi connectivity index (χ1n) is 9.22. The lowest BCUT2D eigenvalue weighted by Crippen LogP contribution is -2.26. The summed E-state index contributed by atoms with van der Waals surface area (Å²) in [7, 11) is 1.61. The van der Waals surface area contributed by atoms with Gasteiger partial charge in [-0.05, 0) is 36.4 Å². The first-order valence-corrected chi connectivity index (χ1v) is 9.22. The molecule has 9 nitrogen and oxygen atoms in total. The van der Waals surface area contributed by atoms with E-state index in [0.29, 0.717) is 35.4 Å². The average molecular weight is 405 g/mol. The van der Waals surface area contributed by atoms with E-state index in [-0.39, 0.29) is 12.5 Å². The Balaban J connectivity index is 1.37. The third-order valence-corrected chi connectivity index (χ3v) is 4.16. The molecule has 0 spiro atoms. The van der Waals surface area contributed by atoms with Crippen molar-refractivity contribution >= 4 is 17.6 Å². The second kappa shape index (κ2) is 8.91. The zero-order chi connectivity index (χ0) is 20.8. The van der Waals surface area contributed by atoms with Gasteiger partial charge in [0.25, 0.3) is 0 Å². The Kier molecular flexibility index (Phi) is 5.70. The van der Waals surface area contributed by atoms with Crippen molar-refractivity contribution in [1.29, 1.82) is 0 Å². The van der Waals surface area contributed by atoms with Crippen LogP contribution in [0.4, 0.5) is 0 Å². The molecule has 152 valence electrons. The minimum absolute atomic E-state index is 0.238. The van der Waals surface area contributed by atoms with Crippen molar-refractivity contribution in [2.24, 2.45) is 0 Å². The average Bonchev–Trinajstić information content (AvgIpc) is 3.45. The van der Waals surface area contributed by atoms with Crippen LogP contribution in [0.2, 0.25) is 0 Å². The van der Waals surface area contributed by atoms with E-state index in [4.69, 9.17) is 13.9 Å². The molecule has 0 fully saturated rings. The van der Waals surface area contributed by atoms with Crippen molar-refractivity contribution in [2.45, 2.75) is 0 Å². The molecule has 0 atom stereocenters. The Labute approximate surface area is 171 Å². The summed E-state index contributed by atoms with van der Waals surface area (Å²) in [6, 6.07) is 14.5. The second-order valence-corrected chi connectivity index (χ2v) is 6.19. The van der Waals surface area contributed by atoms with E-state index >= 15 is 0 Å². The van der Waals surface area contributed by atoms with Crippen LogP contribution in [0.25, 0.3) is 23.1 Å². The molecule has 0 aliphatic rings. The lowest BCUT2D eigenvalue weighted by atomic mass is 10.2. The number of carbonyl (C=O) groups excluding carboxylic acids is 1. The summed E-state index contributed by atoms with van der Waals surface area (Å²) in [5.41, 5.74) is 1.42. The van der Waals surface area contributed by atoms with Gasteiger partial charge in [0.2, 0.25) is 11.8 Å². The molecule has 1 amide bonds. The fourth-order valence-electron chi connectivity index (χ4n) is 2.72. The molecule has 4 aromatic rings. The number of amides is 1. The van der Waals surface area contributed by atoms with Crippen molar-refractivity contribution in [3.05, 3.63) is 66.6 Å². The topological polar surface area (TPSA) is 104 Å². The van der Waals surface area contributed by atoms with Crippen LogP contribution >= 0.6 is 0 Å².